The third-order valence-corrected chi connectivity index (χ3v) is 1.82. The molecule has 3 nitrogen and oxygen atoms in total. The predicted octanol–water partition coefficient (Wildman–Crippen LogP) is 1.74. The zero-order valence-electron chi connectivity index (χ0n) is 8.17. The van der Waals surface area contributed by atoms with Crippen LogP contribution in [0.3, 0.4) is 0 Å². The fraction of sp³-hybridized carbons (Fsp3) is 0.667. The summed E-state index contributed by atoms with van der Waals surface area (Å²) in [4.78, 5) is 4.97. The summed E-state index contributed by atoms with van der Waals surface area (Å²) in [6.07, 6.45) is 3.31. The van der Waals surface area contributed by atoms with Gasteiger partial charge >= 0.3 is 0 Å². The number of hydrogen-bond donors (Lipinski definition) is 1. The van der Waals surface area contributed by atoms with Crippen molar-refractivity contribution in [2.24, 2.45) is 5.16 Å². The van der Waals surface area contributed by atoms with Crippen molar-refractivity contribution in [2.75, 3.05) is 19.7 Å². The van der Waals surface area contributed by atoms with Crippen LogP contribution in [0, 0.1) is 0 Å². The van der Waals surface area contributed by atoms with E-state index in [1.54, 1.807) is 0 Å². The molecule has 76 valence electrons. The van der Waals surface area contributed by atoms with Gasteiger partial charge in [0.1, 0.15) is 6.61 Å². The normalized spacial score (nSPS) is 17.4. The predicted molar refractivity (Wildman–Crippen MR) is 57.6 cm³/mol. The van der Waals surface area contributed by atoms with E-state index in [4.69, 9.17) is 4.84 Å². The summed E-state index contributed by atoms with van der Waals surface area (Å²) >= 11 is 0. The number of nitrogens with zero attached hydrogens (tertiary/aromatic N) is 1. The molecule has 4 heteroatoms. The zero-order chi connectivity index (χ0) is 8.81. The first-order valence-electron chi connectivity index (χ1n) is 4.41. The number of oxime groups is 1. The Kier molecular flexibility index (Phi) is 6.63. The van der Waals surface area contributed by atoms with Gasteiger partial charge in [0.2, 0.25) is 0 Å². The van der Waals surface area contributed by atoms with Crippen molar-refractivity contribution in [2.45, 2.75) is 20.3 Å². The van der Waals surface area contributed by atoms with Crippen molar-refractivity contribution in [1.29, 1.82) is 0 Å². The molecular weight excluding hydrogens is 188 g/mol. The first-order chi connectivity index (χ1) is 5.84. The molecule has 0 radical (unpaired) electrons. The standard InChI is InChI=1S/C9H16N2O.ClH/c1-3-12-11-8(2)9-5-4-6-10-7-9;/h5,10H,3-4,6-7H2,1-2H3;1H. The molecule has 0 saturated carbocycles. The van der Waals surface area contributed by atoms with Crippen LogP contribution in [-0.4, -0.2) is 25.4 Å². The second-order valence-corrected chi connectivity index (χ2v) is 2.79. The Morgan fingerprint density at radius 2 is 2.46 bits per heavy atom. The molecule has 0 saturated heterocycles. The molecule has 1 heterocycles. The topological polar surface area (TPSA) is 33.6 Å². The van der Waals surface area contributed by atoms with E-state index in [1.165, 1.54) is 5.57 Å². The van der Waals surface area contributed by atoms with Crippen molar-refractivity contribution in [3.8, 4) is 0 Å². The molecule has 1 aliphatic heterocycles. The van der Waals surface area contributed by atoms with E-state index in [0.717, 1.165) is 25.2 Å². The van der Waals surface area contributed by atoms with Gasteiger partial charge in [-0.3, -0.25) is 0 Å². The van der Waals surface area contributed by atoms with E-state index >= 15 is 0 Å². The summed E-state index contributed by atoms with van der Waals surface area (Å²) in [6.45, 7) is 6.55. The van der Waals surface area contributed by atoms with Crippen LogP contribution < -0.4 is 5.32 Å². The fourth-order valence-corrected chi connectivity index (χ4v) is 1.14. The van der Waals surface area contributed by atoms with Crippen LogP contribution in [0.4, 0.5) is 0 Å². The molecule has 0 spiro atoms. The summed E-state index contributed by atoms with van der Waals surface area (Å²) < 4.78 is 0. The van der Waals surface area contributed by atoms with E-state index in [1.807, 2.05) is 13.8 Å². The average Bonchev–Trinajstić information content (AvgIpc) is 2.15. The molecule has 0 unspecified atom stereocenters. The monoisotopic (exact) mass is 204 g/mol. The third-order valence-electron chi connectivity index (χ3n) is 1.82. The van der Waals surface area contributed by atoms with E-state index in [2.05, 4.69) is 16.5 Å². The third kappa shape index (κ3) is 4.29. The number of halogens is 1. The lowest BCUT2D eigenvalue weighted by Gasteiger charge is -2.13. The fourth-order valence-electron chi connectivity index (χ4n) is 1.14. The molecule has 13 heavy (non-hydrogen) atoms. The highest BCUT2D eigenvalue weighted by Crippen LogP contribution is 2.03. The summed E-state index contributed by atoms with van der Waals surface area (Å²) in [5, 5.41) is 7.26. The molecule has 0 aliphatic carbocycles. The van der Waals surface area contributed by atoms with Crippen molar-refractivity contribution >= 4 is 18.1 Å². The lowest BCUT2D eigenvalue weighted by atomic mass is 10.1. The van der Waals surface area contributed by atoms with E-state index in [0.29, 0.717) is 6.61 Å². The first-order valence-corrected chi connectivity index (χ1v) is 4.41. The zero-order valence-corrected chi connectivity index (χ0v) is 8.99. The van der Waals surface area contributed by atoms with Gasteiger partial charge in [0.05, 0.1) is 5.71 Å². The molecule has 0 atom stereocenters. The quantitative estimate of drug-likeness (QED) is 0.561. The van der Waals surface area contributed by atoms with Crippen LogP contribution in [0.25, 0.3) is 0 Å². The highest BCUT2D eigenvalue weighted by Gasteiger charge is 2.05. The van der Waals surface area contributed by atoms with Crippen LogP contribution in [0.15, 0.2) is 16.8 Å². The lowest BCUT2D eigenvalue weighted by molar-refractivity contribution is 0.158. The highest BCUT2D eigenvalue weighted by molar-refractivity contribution is 5.98. The minimum Gasteiger partial charge on any atom is -0.396 e. The van der Waals surface area contributed by atoms with Gasteiger partial charge in [-0.15, -0.1) is 12.4 Å². The molecule has 0 fully saturated rings. The Hall–Kier alpha value is -0.540. The largest absolute Gasteiger partial charge is 0.396 e. The van der Waals surface area contributed by atoms with Gasteiger partial charge in [0, 0.05) is 6.54 Å². The van der Waals surface area contributed by atoms with Crippen LogP contribution >= 0.6 is 12.4 Å². The highest BCUT2D eigenvalue weighted by atomic mass is 35.5. The van der Waals surface area contributed by atoms with Gasteiger partial charge < -0.3 is 10.2 Å². The summed E-state index contributed by atoms with van der Waals surface area (Å²) in [6, 6.07) is 0. The first kappa shape index (κ1) is 12.5. The molecule has 0 amide bonds. The molecule has 0 aromatic carbocycles. The van der Waals surface area contributed by atoms with E-state index in [-0.39, 0.29) is 12.4 Å². The maximum Gasteiger partial charge on any atom is 0.114 e. The molecule has 0 aromatic heterocycles. The summed E-state index contributed by atoms with van der Waals surface area (Å²) in [5.74, 6) is 0. The number of nitrogens with one attached hydrogen (secondary N) is 1. The van der Waals surface area contributed by atoms with Gasteiger partial charge in [0.25, 0.3) is 0 Å². The summed E-state index contributed by atoms with van der Waals surface area (Å²) in [5.41, 5.74) is 2.25. The maximum atomic E-state index is 4.97. The Bertz CT molecular complexity index is 202. The van der Waals surface area contributed by atoms with Crippen molar-refractivity contribution in [3.05, 3.63) is 11.6 Å². The lowest BCUT2D eigenvalue weighted by Crippen LogP contribution is -2.25. The second kappa shape index (κ2) is 6.92. The van der Waals surface area contributed by atoms with Gasteiger partial charge in [-0.25, -0.2) is 0 Å². The van der Waals surface area contributed by atoms with E-state index in [9.17, 15) is 0 Å². The summed E-state index contributed by atoms with van der Waals surface area (Å²) in [7, 11) is 0. The molecule has 0 bridgehead atoms. The molecule has 1 aliphatic rings. The number of hydrogen-bond acceptors (Lipinski definition) is 3. The van der Waals surface area contributed by atoms with Crippen molar-refractivity contribution < 1.29 is 4.84 Å². The Labute approximate surface area is 85.6 Å². The minimum atomic E-state index is 0. The molecular formula is C9H17ClN2O. The Morgan fingerprint density at radius 1 is 1.69 bits per heavy atom. The SMILES string of the molecule is CCON=C(C)C1=CCCNC1.Cl. The second-order valence-electron chi connectivity index (χ2n) is 2.79. The van der Waals surface area contributed by atoms with Crippen molar-refractivity contribution in [1.82, 2.24) is 5.32 Å². The van der Waals surface area contributed by atoms with Gasteiger partial charge in [0.15, 0.2) is 0 Å². The smallest absolute Gasteiger partial charge is 0.114 e. The van der Waals surface area contributed by atoms with Crippen LogP contribution in [0.1, 0.15) is 20.3 Å². The van der Waals surface area contributed by atoms with Gasteiger partial charge in [-0.2, -0.15) is 0 Å². The number of rotatable bonds is 3. The van der Waals surface area contributed by atoms with Crippen LogP contribution in [0.2, 0.25) is 0 Å². The molecule has 1 N–H and O–H groups in total. The van der Waals surface area contributed by atoms with Crippen LogP contribution in [-0.2, 0) is 4.84 Å². The average molecular weight is 205 g/mol. The van der Waals surface area contributed by atoms with Crippen molar-refractivity contribution in [3.63, 3.8) is 0 Å². The Morgan fingerprint density at radius 3 is 3.00 bits per heavy atom. The molecule has 1 rings (SSSR count). The molecule has 0 aromatic rings. The Balaban J connectivity index is 0.00000144. The van der Waals surface area contributed by atoms with Gasteiger partial charge in [-0.1, -0.05) is 11.2 Å². The minimum absolute atomic E-state index is 0. The van der Waals surface area contributed by atoms with Crippen LogP contribution in [0.5, 0.6) is 0 Å². The van der Waals surface area contributed by atoms with E-state index < -0.39 is 0 Å². The maximum absolute atomic E-state index is 4.97. The van der Waals surface area contributed by atoms with Gasteiger partial charge in [-0.05, 0) is 32.4 Å².